The van der Waals surface area contributed by atoms with Crippen LogP contribution in [0.15, 0.2) is 0 Å². The molecule has 17 heavy (non-hydrogen) atoms. The molecule has 0 bridgehead atoms. The summed E-state index contributed by atoms with van der Waals surface area (Å²) < 4.78 is 0. The molecule has 1 N–H and O–H groups in total. The molecule has 1 atom stereocenters. The first-order valence-corrected chi connectivity index (χ1v) is 7.40. The normalized spacial score (nSPS) is 22.9. The Labute approximate surface area is 108 Å². The Bertz CT molecular complexity index is 180. The molecule has 0 saturated carbocycles. The minimum atomic E-state index is 0.761. The fourth-order valence-electron chi connectivity index (χ4n) is 2.59. The van der Waals surface area contributed by atoms with Crippen LogP contribution in [0.25, 0.3) is 0 Å². The Kier molecular flexibility index (Phi) is 7.82. The van der Waals surface area contributed by atoms with Crippen molar-refractivity contribution in [2.45, 2.75) is 45.6 Å². The second-order valence-corrected chi connectivity index (χ2v) is 5.27. The van der Waals surface area contributed by atoms with Gasteiger partial charge in [0.05, 0.1) is 0 Å². The first kappa shape index (κ1) is 14.9. The lowest BCUT2D eigenvalue weighted by molar-refractivity contribution is 0.293. The Hall–Kier alpha value is -0.120. The summed E-state index contributed by atoms with van der Waals surface area (Å²) in [4.78, 5) is 4.96. The van der Waals surface area contributed by atoms with E-state index in [1.807, 2.05) is 0 Å². The van der Waals surface area contributed by atoms with Crippen LogP contribution in [0.1, 0.15) is 39.5 Å². The second-order valence-electron chi connectivity index (χ2n) is 5.27. The minimum absolute atomic E-state index is 0.761. The second kappa shape index (κ2) is 8.90. The molecule has 0 radical (unpaired) electrons. The Morgan fingerprint density at radius 2 is 1.94 bits per heavy atom. The molecule has 1 aliphatic heterocycles. The Morgan fingerprint density at radius 1 is 1.18 bits per heavy atom. The van der Waals surface area contributed by atoms with Crippen molar-refractivity contribution in [1.82, 2.24) is 15.1 Å². The van der Waals surface area contributed by atoms with Gasteiger partial charge in [0.15, 0.2) is 0 Å². The van der Waals surface area contributed by atoms with Gasteiger partial charge in [-0.2, -0.15) is 0 Å². The van der Waals surface area contributed by atoms with Crippen molar-refractivity contribution >= 4 is 0 Å². The standard InChI is InChI=1S/C14H31N3/c1-4-17(5-2)12-7-10-15-14-8-6-11-16(3)13-9-14/h14-15H,4-13H2,1-3H3. The van der Waals surface area contributed by atoms with E-state index in [0.717, 1.165) is 6.04 Å². The van der Waals surface area contributed by atoms with Gasteiger partial charge >= 0.3 is 0 Å². The molecule has 1 rings (SSSR count). The molecular formula is C14H31N3. The highest BCUT2D eigenvalue weighted by molar-refractivity contribution is 4.73. The van der Waals surface area contributed by atoms with Crippen molar-refractivity contribution in [2.75, 3.05) is 46.3 Å². The lowest BCUT2D eigenvalue weighted by atomic mass is 10.1. The fourth-order valence-corrected chi connectivity index (χ4v) is 2.59. The molecule has 1 fully saturated rings. The molecule has 0 aromatic heterocycles. The molecule has 1 saturated heterocycles. The van der Waals surface area contributed by atoms with E-state index >= 15 is 0 Å². The molecule has 0 aromatic carbocycles. The van der Waals surface area contributed by atoms with Crippen molar-refractivity contribution in [1.29, 1.82) is 0 Å². The molecule has 0 amide bonds. The van der Waals surface area contributed by atoms with E-state index in [9.17, 15) is 0 Å². The first-order chi connectivity index (χ1) is 8.26. The zero-order chi connectivity index (χ0) is 12.5. The maximum atomic E-state index is 3.73. The van der Waals surface area contributed by atoms with E-state index in [-0.39, 0.29) is 0 Å². The maximum Gasteiger partial charge on any atom is 0.00797 e. The summed E-state index contributed by atoms with van der Waals surface area (Å²) >= 11 is 0. The van der Waals surface area contributed by atoms with Crippen LogP contribution < -0.4 is 5.32 Å². The van der Waals surface area contributed by atoms with Gasteiger partial charge in [-0.25, -0.2) is 0 Å². The predicted molar refractivity (Wildman–Crippen MR) is 75.5 cm³/mol. The highest BCUT2D eigenvalue weighted by Crippen LogP contribution is 2.09. The topological polar surface area (TPSA) is 18.5 Å². The maximum absolute atomic E-state index is 3.73. The van der Waals surface area contributed by atoms with Crippen molar-refractivity contribution < 1.29 is 0 Å². The van der Waals surface area contributed by atoms with E-state index in [1.165, 1.54) is 65.0 Å². The van der Waals surface area contributed by atoms with Crippen LogP contribution in [0.5, 0.6) is 0 Å². The molecule has 0 aliphatic carbocycles. The van der Waals surface area contributed by atoms with E-state index in [0.29, 0.717) is 0 Å². The number of hydrogen-bond donors (Lipinski definition) is 1. The summed E-state index contributed by atoms with van der Waals surface area (Å²) in [6.45, 7) is 11.8. The number of likely N-dealkylation sites (tertiary alicyclic amines) is 1. The molecule has 102 valence electrons. The summed E-state index contributed by atoms with van der Waals surface area (Å²) in [5.74, 6) is 0. The van der Waals surface area contributed by atoms with Gasteiger partial charge in [0.1, 0.15) is 0 Å². The lowest BCUT2D eigenvalue weighted by Crippen LogP contribution is -2.33. The van der Waals surface area contributed by atoms with E-state index < -0.39 is 0 Å². The van der Waals surface area contributed by atoms with E-state index in [4.69, 9.17) is 0 Å². The first-order valence-electron chi connectivity index (χ1n) is 7.40. The van der Waals surface area contributed by atoms with Gasteiger partial charge in [0.25, 0.3) is 0 Å². The van der Waals surface area contributed by atoms with Crippen molar-refractivity contribution in [3.63, 3.8) is 0 Å². The number of rotatable bonds is 7. The average Bonchev–Trinajstić information content (AvgIpc) is 2.55. The fraction of sp³-hybridized carbons (Fsp3) is 1.00. The van der Waals surface area contributed by atoms with Gasteiger partial charge in [-0.15, -0.1) is 0 Å². The van der Waals surface area contributed by atoms with Crippen LogP contribution in [-0.2, 0) is 0 Å². The van der Waals surface area contributed by atoms with Gasteiger partial charge in [0.2, 0.25) is 0 Å². The van der Waals surface area contributed by atoms with Crippen LogP contribution in [0.4, 0.5) is 0 Å². The lowest BCUT2D eigenvalue weighted by Gasteiger charge is -2.20. The van der Waals surface area contributed by atoms with Crippen molar-refractivity contribution in [3.8, 4) is 0 Å². The van der Waals surface area contributed by atoms with Gasteiger partial charge in [0, 0.05) is 6.04 Å². The third-order valence-corrected chi connectivity index (χ3v) is 3.93. The zero-order valence-electron chi connectivity index (χ0n) is 12.0. The molecule has 3 nitrogen and oxygen atoms in total. The van der Waals surface area contributed by atoms with Crippen molar-refractivity contribution in [3.05, 3.63) is 0 Å². The van der Waals surface area contributed by atoms with Gasteiger partial charge < -0.3 is 15.1 Å². The average molecular weight is 241 g/mol. The molecule has 1 heterocycles. The third-order valence-electron chi connectivity index (χ3n) is 3.93. The summed E-state index contributed by atoms with van der Waals surface area (Å²) in [5, 5.41) is 3.73. The van der Waals surface area contributed by atoms with Crippen LogP contribution in [0.2, 0.25) is 0 Å². The summed E-state index contributed by atoms with van der Waals surface area (Å²) in [7, 11) is 2.24. The van der Waals surface area contributed by atoms with Crippen LogP contribution >= 0.6 is 0 Å². The van der Waals surface area contributed by atoms with Gasteiger partial charge in [-0.1, -0.05) is 13.8 Å². The molecule has 1 unspecified atom stereocenters. The minimum Gasteiger partial charge on any atom is -0.314 e. The molecule has 1 aliphatic rings. The predicted octanol–water partition coefficient (Wildman–Crippen LogP) is 1.79. The Balaban J connectivity index is 2.05. The summed E-state index contributed by atoms with van der Waals surface area (Å²) in [6.07, 6.45) is 5.32. The van der Waals surface area contributed by atoms with E-state index in [1.54, 1.807) is 0 Å². The SMILES string of the molecule is CCN(CC)CCCNC1CCCN(C)CC1. The molecule has 0 spiro atoms. The van der Waals surface area contributed by atoms with Crippen LogP contribution in [0, 0.1) is 0 Å². The van der Waals surface area contributed by atoms with E-state index in [2.05, 4.69) is 36.0 Å². The quantitative estimate of drug-likeness (QED) is 0.686. The molecule has 0 aromatic rings. The summed E-state index contributed by atoms with van der Waals surface area (Å²) in [5.41, 5.74) is 0. The zero-order valence-corrected chi connectivity index (χ0v) is 12.0. The van der Waals surface area contributed by atoms with Crippen LogP contribution in [-0.4, -0.2) is 62.2 Å². The molecular weight excluding hydrogens is 210 g/mol. The third kappa shape index (κ3) is 6.39. The molecule has 3 heteroatoms. The largest absolute Gasteiger partial charge is 0.314 e. The smallest absolute Gasteiger partial charge is 0.00797 e. The van der Waals surface area contributed by atoms with Crippen molar-refractivity contribution in [2.24, 2.45) is 0 Å². The number of nitrogens with one attached hydrogen (secondary N) is 1. The highest BCUT2D eigenvalue weighted by atomic mass is 15.1. The number of hydrogen-bond acceptors (Lipinski definition) is 3. The van der Waals surface area contributed by atoms with Gasteiger partial charge in [-0.3, -0.25) is 0 Å². The Morgan fingerprint density at radius 3 is 2.65 bits per heavy atom. The number of nitrogens with zero attached hydrogens (tertiary/aromatic N) is 2. The summed E-state index contributed by atoms with van der Waals surface area (Å²) in [6, 6.07) is 0.761. The highest BCUT2D eigenvalue weighted by Gasteiger charge is 2.13. The monoisotopic (exact) mass is 241 g/mol. The van der Waals surface area contributed by atoms with Crippen LogP contribution in [0.3, 0.4) is 0 Å². The van der Waals surface area contributed by atoms with Gasteiger partial charge in [-0.05, 0) is 72.0 Å².